The molecule has 2 atom stereocenters. The van der Waals surface area contributed by atoms with E-state index in [4.69, 9.17) is 4.74 Å². The predicted molar refractivity (Wildman–Crippen MR) is 104 cm³/mol. The first-order valence-electron chi connectivity index (χ1n) is 9.89. The number of ether oxygens (including phenoxy) is 1. The van der Waals surface area contributed by atoms with Gasteiger partial charge >= 0.3 is 6.09 Å². The van der Waals surface area contributed by atoms with E-state index < -0.39 is 5.60 Å². The van der Waals surface area contributed by atoms with E-state index in [0.29, 0.717) is 5.92 Å². The van der Waals surface area contributed by atoms with Gasteiger partial charge in [0.05, 0.1) is 6.04 Å². The summed E-state index contributed by atoms with van der Waals surface area (Å²) in [5.74, 6) is 0.493. The van der Waals surface area contributed by atoms with E-state index in [-0.39, 0.29) is 12.1 Å². The van der Waals surface area contributed by atoms with Gasteiger partial charge in [0.15, 0.2) is 0 Å². The molecule has 5 heteroatoms. The van der Waals surface area contributed by atoms with Crippen LogP contribution in [0.5, 0.6) is 0 Å². The zero-order valence-corrected chi connectivity index (χ0v) is 16.4. The van der Waals surface area contributed by atoms with Crippen molar-refractivity contribution >= 4 is 6.09 Å². The fourth-order valence-electron chi connectivity index (χ4n) is 4.08. The zero-order valence-electron chi connectivity index (χ0n) is 16.4. The maximum atomic E-state index is 12.7. The van der Waals surface area contributed by atoms with Crippen molar-refractivity contribution < 1.29 is 9.53 Å². The minimum absolute atomic E-state index is 0.163. The summed E-state index contributed by atoms with van der Waals surface area (Å²) in [6.45, 7) is 11.4. The molecule has 2 unspecified atom stereocenters. The summed E-state index contributed by atoms with van der Waals surface area (Å²) >= 11 is 0. The Kier molecular flexibility index (Phi) is 6.20. The van der Waals surface area contributed by atoms with Crippen LogP contribution in [0, 0.1) is 5.92 Å². The second-order valence-electron chi connectivity index (χ2n) is 8.57. The van der Waals surface area contributed by atoms with Gasteiger partial charge in [-0.3, -0.25) is 4.90 Å². The Morgan fingerprint density at radius 2 is 2.00 bits per heavy atom. The van der Waals surface area contributed by atoms with Gasteiger partial charge in [-0.2, -0.15) is 0 Å². The lowest BCUT2D eigenvalue weighted by Gasteiger charge is -2.44. The summed E-state index contributed by atoms with van der Waals surface area (Å²) in [5.41, 5.74) is 0.914. The molecule has 2 aliphatic heterocycles. The summed E-state index contributed by atoms with van der Waals surface area (Å²) in [6, 6.07) is 10.9. The summed E-state index contributed by atoms with van der Waals surface area (Å²) in [4.78, 5) is 17.2. The van der Waals surface area contributed by atoms with Crippen LogP contribution in [0.15, 0.2) is 30.3 Å². The maximum absolute atomic E-state index is 12.7. The van der Waals surface area contributed by atoms with Crippen LogP contribution in [0.25, 0.3) is 0 Å². The third-order valence-corrected chi connectivity index (χ3v) is 5.25. The number of likely N-dealkylation sites (tertiary alicyclic amines) is 1. The normalized spacial score (nSPS) is 25.1. The molecule has 2 saturated heterocycles. The fraction of sp³-hybridized carbons (Fsp3) is 0.667. The van der Waals surface area contributed by atoms with Gasteiger partial charge in [0.1, 0.15) is 5.60 Å². The number of piperazine rings is 1. The van der Waals surface area contributed by atoms with Gasteiger partial charge in [0.2, 0.25) is 0 Å². The first-order valence-corrected chi connectivity index (χ1v) is 9.89. The molecular formula is C21H33N3O2. The van der Waals surface area contributed by atoms with Crippen LogP contribution in [0.3, 0.4) is 0 Å². The SMILES string of the molecule is CC(C)(C)OC(=O)N1CCNCC1C1CCCN(Cc2ccccc2)C1. The van der Waals surface area contributed by atoms with E-state index in [1.54, 1.807) is 0 Å². The number of hydrogen-bond donors (Lipinski definition) is 1. The molecule has 5 nitrogen and oxygen atoms in total. The van der Waals surface area contributed by atoms with E-state index in [1.165, 1.54) is 18.4 Å². The van der Waals surface area contributed by atoms with Crippen LogP contribution >= 0.6 is 0 Å². The quantitative estimate of drug-likeness (QED) is 0.901. The highest BCUT2D eigenvalue weighted by atomic mass is 16.6. The van der Waals surface area contributed by atoms with E-state index in [0.717, 1.165) is 39.3 Å². The number of piperidine rings is 1. The highest BCUT2D eigenvalue weighted by molar-refractivity contribution is 5.68. The minimum Gasteiger partial charge on any atom is -0.444 e. The Morgan fingerprint density at radius 3 is 2.73 bits per heavy atom. The molecule has 0 spiro atoms. The van der Waals surface area contributed by atoms with Crippen molar-refractivity contribution in [1.82, 2.24) is 15.1 Å². The summed E-state index contributed by atoms with van der Waals surface area (Å²) < 4.78 is 5.67. The standard InChI is InChI=1S/C21H33N3O2/c1-21(2,3)26-20(25)24-13-11-22-14-19(24)18-10-7-12-23(16-18)15-17-8-5-4-6-9-17/h4-6,8-9,18-19,22H,7,10-16H2,1-3H3. The predicted octanol–water partition coefficient (Wildman–Crippen LogP) is 3.11. The van der Waals surface area contributed by atoms with Crippen molar-refractivity contribution in [3.05, 3.63) is 35.9 Å². The second kappa shape index (κ2) is 8.40. The highest BCUT2D eigenvalue weighted by Crippen LogP contribution is 2.26. The van der Waals surface area contributed by atoms with Gasteiger partial charge in [-0.05, 0) is 51.6 Å². The van der Waals surface area contributed by atoms with Gasteiger partial charge in [-0.15, -0.1) is 0 Å². The molecule has 1 aromatic carbocycles. The first-order chi connectivity index (χ1) is 12.4. The second-order valence-corrected chi connectivity index (χ2v) is 8.57. The van der Waals surface area contributed by atoms with Crippen molar-refractivity contribution in [1.29, 1.82) is 0 Å². The smallest absolute Gasteiger partial charge is 0.410 e. The molecule has 144 valence electrons. The zero-order chi connectivity index (χ0) is 18.6. The summed E-state index contributed by atoms with van der Waals surface area (Å²) in [7, 11) is 0. The highest BCUT2D eigenvalue weighted by Gasteiger charge is 2.37. The van der Waals surface area contributed by atoms with Crippen LogP contribution in [0.2, 0.25) is 0 Å². The summed E-state index contributed by atoms with van der Waals surface area (Å²) in [5, 5.41) is 3.48. The lowest BCUT2D eigenvalue weighted by atomic mass is 9.88. The lowest BCUT2D eigenvalue weighted by molar-refractivity contribution is -0.00335. The minimum atomic E-state index is -0.446. The molecule has 0 aromatic heterocycles. The van der Waals surface area contributed by atoms with Crippen LogP contribution in [0.4, 0.5) is 4.79 Å². The van der Waals surface area contributed by atoms with E-state index in [1.807, 2.05) is 25.7 Å². The monoisotopic (exact) mass is 359 g/mol. The van der Waals surface area contributed by atoms with E-state index >= 15 is 0 Å². The van der Waals surface area contributed by atoms with Crippen LogP contribution in [-0.2, 0) is 11.3 Å². The van der Waals surface area contributed by atoms with Gasteiger partial charge in [-0.25, -0.2) is 4.79 Å². The third kappa shape index (κ3) is 5.21. The van der Waals surface area contributed by atoms with Crippen molar-refractivity contribution in [3.63, 3.8) is 0 Å². The van der Waals surface area contributed by atoms with E-state index in [9.17, 15) is 4.79 Å². The number of rotatable bonds is 3. The topological polar surface area (TPSA) is 44.8 Å². The average Bonchev–Trinajstić information content (AvgIpc) is 2.61. The van der Waals surface area contributed by atoms with Crippen molar-refractivity contribution in [2.24, 2.45) is 5.92 Å². The molecule has 2 fully saturated rings. The Labute approximate surface area is 157 Å². The number of nitrogens with one attached hydrogen (secondary N) is 1. The number of carbonyl (C=O) groups is 1. The maximum Gasteiger partial charge on any atom is 0.410 e. The van der Waals surface area contributed by atoms with Gasteiger partial charge in [-0.1, -0.05) is 30.3 Å². The largest absolute Gasteiger partial charge is 0.444 e. The Balaban J connectivity index is 1.64. The third-order valence-electron chi connectivity index (χ3n) is 5.25. The molecule has 0 saturated carbocycles. The van der Waals surface area contributed by atoms with E-state index in [2.05, 4.69) is 40.5 Å². The number of benzene rings is 1. The molecule has 2 aliphatic rings. The average molecular weight is 360 g/mol. The number of amides is 1. The van der Waals surface area contributed by atoms with Crippen molar-refractivity contribution in [2.75, 3.05) is 32.7 Å². The Morgan fingerprint density at radius 1 is 1.23 bits per heavy atom. The van der Waals surface area contributed by atoms with Crippen LogP contribution in [-0.4, -0.2) is 60.3 Å². The van der Waals surface area contributed by atoms with Crippen molar-refractivity contribution in [2.45, 2.75) is 51.8 Å². The first kappa shape index (κ1) is 19.2. The molecule has 0 bridgehead atoms. The van der Waals surface area contributed by atoms with Gasteiger partial charge < -0.3 is 15.0 Å². The van der Waals surface area contributed by atoms with Crippen LogP contribution < -0.4 is 5.32 Å². The summed E-state index contributed by atoms with van der Waals surface area (Å²) in [6.07, 6.45) is 2.21. The molecule has 3 rings (SSSR count). The molecule has 2 heterocycles. The Bertz CT molecular complexity index is 585. The molecule has 1 aromatic rings. The van der Waals surface area contributed by atoms with Gasteiger partial charge in [0, 0.05) is 32.7 Å². The molecule has 1 amide bonds. The van der Waals surface area contributed by atoms with Gasteiger partial charge in [0.25, 0.3) is 0 Å². The molecular weight excluding hydrogens is 326 g/mol. The number of hydrogen-bond acceptors (Lipinski definition) is 4. The number of nitrogens with zero attached hydrogens (tertiary/aromatic N) is 2. The molecule has 1 N–H and O–H groups in total. The Hall–Kier alpha value is -1.59. The van der Waals surface area contributed by atoms with Crippen molar-refractivity contribution in [3.8, 4) is 0 Å². The lowest BCUT2D eigenvalue weighted by Crippen LogP contribution is -2.59. The fourth-order valence-corrected chi connectivity index (χ4v) is 4.08. The van der Waals surface area contributed by atoms with Crippen LogP contribution in [0.1, 0.15) is 39.2 Å². The number of carbonyl (C=O) groups excluding carboxylic acids is 1. The molecule has 0 aliphatic carbocycles. The molecule has 0 radical (unpaired) electrons. The molecule has 26 heavy (non-hydrogen) atoms.